The normalized spacial score (nSPS) is 12.5. The molecule has 2 nitrogen and oxygen atoms in total. The maximum absolute atomic E-state index is 5.31. The largest absolute Gasteiger partial charge is 0.465 e. The molecule has 0 aliphatic rings. The van der Waals surface area contributed by atoms with Crippen molar-refractivity contribution < 1.29 is 9.47 Å². The fourth-order valence-corrected chi connectivity index (χ4v) is 0.690. The lowest BCUT2D eigenvalue weighted by Crippen LogP contribution is -2.13. The molecule has 1 aromatic carbocycles. The predicted octanol–water partition coefficient (Wildman–Crippen LogP) is 1.86. The van der Waals surface area contributed by atoms with Gasteiger partial charge in [-0.2, -0.15) is 0 Å². The van der Waals surface area contributed by atoms with Crippen LogP contribution in [-0.4, -0.2) is 13.4 Å². The Bertz CT molecular complexity index is 196. The summed E-state index contributed by atoms with van der Waals surface area (Å²) in [6.45, 7) is 1.84. The Labute approximate surface area is 66.8 Å². The SMILES string of the molecule is COC(C)Oc1c[c]ccc1. The van der Waals surface area contributed by atoms with Gasteiger partial charge in [0.25, 0.3) is 0 Å². The van der Waals surface area contributed by atoms with Crippen molar-refractivity contribution in [1.29, 1.82) is 0 Å². The highest BCUT2D eigenvalue weighted by Crippen LogP contribution is 2.09. The van der Waals surface area contributed by atoms with E-state index >= 15 is 0 Å². The van der Waals surface area contributed by atoms with Crippen LogP contribution in [-0.2, 0) is 4.74 Å². The van der Waals surface area contributed by atoms with E-state index in [0.717, 1.165) is 5.75 Å². The van der Waals surface area contributed by atoms with Crippen molar-refractivity contribution >= 4 is 0 Å². The highest BCUT2D eigenvalue weighted by atomic mass is 16.7. The number of hydrogen-bond acceptors (Lipinski definition) is 2. The Hall–Kier alpha value is -1.02. The van der Waals surface area contributed by atoms with Crippen LogP contribution in [0.1, 0.15) is 6.92 Å². The molecule has 1 unspecified atom stereocenters. The lowest BCUT2D eigenvalue weighted by atomic mass is 10.3. The van der Waals surface area contributed by atoms with Gasteiger partial charge in [-0.25, -0.2) is 0 Å². The molecule has 0 heterocycles. The minimum atomic E-state index is -0.203. The Kier molecular flexibility index (Phi) is 2.93. The van der Waals surface area contributed by atoms with Gasteiger partial charge in [-0.05, 0) is 25.1 Å². The third kappa shape index (κ3) is 2.60. The van der Waals surface area contributed by atoms with Crippen molar-refractivity contribution in [3.8, 4) is 5.75 Å². The van der Waals surface area contributed by atoms with Gasteiger partial charge in [0.15, 0.2) is 6.29 Å². The third-order valence-corrected chi connectivity index (χ3v) is 1.31. The van der Waals surface area contributed by atoms with E-state index in [1.54, 1.807) is 13.2 Å². The molecule has 0 aliphatic heterocycles. The second-order valence-corrected chi connectivity index (χ2v) is 2.16. The number of hydrogen-bond donors (Lipinski definition) is 0. The lowest BCUT2D eigenvalue weighted by Gasteiger charge is -2.11. The van der Waals surface area contributed by atoms with Gasteiger partial charge >= 0.3 is 0 Å². The molecule has 0 bridgehead atoms. The molecule has 59 valence electrons. The van der Waals surface area contributed by atoms with E-state index in [1.807, 2.05) is 25.1 Å². The quantitative estimate of drug-likeness (QED) is 0.614. The summed E-state index contributed by atoms with van der Waals surface area (Å²) in [5.41, 5.74) is 0. The van der Waals surface area contributed by atoms with Crippen LogP contribution in [0.4, 0.5) is 0 Å². The molecular weight excluding hydrogens is 140 g/mol. The van der Waals surface area contributed by atoms with E-state index in [0.29, 0.717) is 0 Å². The average molecular weight is 151 g/mol. The highest BCUT2D eigenvalue weighted by molar-refractivity contribution is 5.20. The molecule has 0 saturated carbocycles. The molecule has 1 radical (unpaired) electrons. The molecule has 2 heteroatoms. The van der Waals surface area contributed by atoms with Crippen molar-refractivity contribution in [2.24, 2.45) is 0 Å². The summed E-state index contributed by atoms with van der Waals surface area (Å²) in [6, 6.07) is 10.2. The molecule has 0 N–H and O–H groups in total. The van der Waals surface area contributed by atoms with Gasteiger partial charge in [0.2, 0.25) is 0 Å². The van der Waals surface area contributed by atoms with Crippen molar-refractivity contribution in [2.75, 3.05) is 7.11 Å². The van der Waals surface area contributed by atoms with Crippen LogP contribution in [0.25, 0.3) is 0 Å². The molecule has 0 spiro atoms. The van der Waals surface area contributed by atoms with Gasteiger partial charge in [0.05, 0.1) is 0 Å². The van der Waals surface area contributed by atoms with Crippen molar-refractivity contribution in [1.82, 2.24) is 0 Å². The highest BCUT2D eigenvalue weighted by Gasteiger charge is 1.98. The first-order chi connectivity index (χ1) is 5.33. The second kappa shape index (κ2) is 3.98. The summed E-state index contributed by atoms with van der Waals surface area (Å²) in [6.07, 6.45) is -0.203. The summed E-state index contributed by atoms with van der Waals surface area (Å²) in [4.78, 5) is 0. The maximum Gasteiger partial charge on any atom is 0.196 e. The molecular formula is C9H11O2. The van der Waals surface area contributed by atoms with Gasteiger partial charge in [-0.15, -0.1) is 0 Å². The Morgan fingerprint density at radius 2 is 2.36 bits per heavy atom. The zero-order chi connectivity index (χ0) is 8.10. The number of methoxy groups -OCH3 is 1. The van der Waals surface area contributed by atoms with Gasteiger partial charge in [-0.3, -0.25) is 0 Å². The third-order valence-electron chi connectivity index (χ3n) is 1.31. The zero-order valence-electron chi connectivity index (χ0n) is 6.70. The van der Waals surface area contributed by atoms with E-state index in [1.165, 1.54) is 0 Å². The van der Waals surface area contributed by atoms with Gasteiger partial charge in [-0.1, -0.05) is 12.1 Å². The smallest absolute Gasteiger partial charge is 0.196 e. The maximum atomic E-state index is 5.31. The van der Waals surface area contributed by atoms with Crippen LogP contribution < -0.4 is 4.74 Å². The number of benzene rings is 1. The van der Waals surface area contributed by atoms with Gasteiger partial charge in [0.1, 0.15) is 5.75 Å². The van der Waals surface area contributed by atoms with Crippen LogP contribution in [0.15, 0.2) is 24.3 Å². The van der Waals surface area contributed by atoms with Crippen LogP contribution in [0, 0.1) is 6.07 Å². The standard InChI is InChI=1S/C9H11O2/c1-8(10-2)11-9-6-4-3-5-7-9/h3-4,6-8H,1-2H3. The lowest BCUT2D eigenvalue weighted by molar-refractivity contribution is -0.0382. The summed E-state index contributed by atoms with van der Waals surface area (Å²) in [5, 5.41) is 0. The van der Waals surface area contributed by atoms with Crippen molar-refractivity contribution in [3.05, 3.63) is 30.3 Å². The molecule has 0 saturated heterocycles. The van der Waals surface area contributed by atoms with E-state index in [-0.39, 0.29) is 6.29 Å². The Balaban J connectivity index is 2.51. The summed E-state index contributed by atoms with van der Waals surface area (Å²) in [7, 11) is 1.61. The fraction of sp³-hybridized carbons (Fsp3) is 0.333. The number of rotatable bonds is 3. The van der Waals surface area contributed by atoms with E-state index in [2.05, 4.69) is 6.07 Å². The van der Waals surface area contributed by atoms with Crippen LogP contribution in [0.5, 0.6) is 5.75 Å². The molecule has 0 aliphatic carbocycles. The minimum absolute atomic E-state index is 0.203. The Morgan fingerprint density at radius 3 is 2.91 bits per heavy atom. The number of ether oxygens (including phenoxy) is 2. The van der Waals surface area contributed by atoms with Crippen molar-refractivity contribution in [3.63, 3.8) is 0 Å². The topological polar surface area (TPSA) is 18.5 Å². The molecule has 0 fully saturated rings. The van der Waals surface area contributed by atoms with Crippen LogP contribution in [0.3, 0.4) is 0 Å². The molecule has 1 atom stereocenters. The summed E-state index contributed by atoms with van der Waals surface area (Å²) in [5.74, 6) is 0.779. The van der Waals surface area contributed by atoms with Crippen molar-refractivity contribution in [2.45, 2.75) is 13.2 Å². The van der Waals surface area contributed by atoms with E-state index in [9.17, 15) is 0 Å². The zero-order valence-corrected chi connectivity index (χ0v) is 6.70. The average Bonchev–Trinajstić information content (AvgIpc) is 2.06. The van der Waals surface area contributed by atoms with Crippen LogP contribution in [0.2, 0.25) is 0 Å². The first-order valence-corrected chi connectivity index (χ1v) is 3.48. The van der Waals surface area contributed by atoms with E-state index < -0.39 is 0 Å². The molecule has 1 rings (SSSR count). The Morgan fingerprint density at radius 1 is 1.55 bits per heavy atom. The van der Waals surface area contributed by atoms with Gasteiger partial charge in [0, 0.05) is 7.11 Å². The monoisotopic (exact) mass is 151 g/mol. The second-order valence-electron chi connectivity index (χ2n) is 2.16. The summed E-state index contributed by atoms with van der Waals surface area (Å²) < 4.78 is 10.2. The molecule has 0 amide bonds. The first-order valence-electron chi connectivity index (χ1n) is 3.48. The van der Waals surface area contributed by atoms with Gasteiger partial charge < -0.3 is 9.47 Å². The minimum Gasteiger partial charge on any atom is -0.465 e. The fourth-order valence-electron chi connectivity index (χ4n) is 0.690. The first kappa shape index (κ1) is 8.08. The molecule has 1 aromatic rings. The predicted molar refractivity (Wildman–Crippen MR) is 42.4 cm³/mol. The van der Waals surface area contributed by atoms with E-state index in [4.69, 9.17) is 9.47 Å². The molecule has 0 aromatic heterocycles. The van der Waals surface area contributed by atoms with Crippen LogP contribution >= 0.6 is 0 Å². The molecule has 11 heavy (non-hydrogen) atoms. The summed E-state index contributed by atoms with van der Waals surface area (Å²) >= 11 is 0.